The molecule has 1 aromatic carbocycles. The van der Waals surface area contributed by atoms with E-state index in [2.05, 4.69) is 0 Å². The van der Waals surface area contributed by atoms with Gasteiger partial charge in [0, 0.05) is 13.1 Å². The first-order valence-corrected chi connectivity index (χ1v) is 9.68. The molecule has 0 aromatic heterocycles. The molecule has 6 nitrogen and oxygen atoms in total. The highest BCUT2D eigenvalue weighted by atomic mass is 32.2. The van der Waals surface area contributed by atoms with Crippen LogP contribution in [-0.4, -0.2) is 48.3 Å². The Balaban J connectivity index is 1.82. The van der Waals surface area contributed by atoms with E-state index in [9.17, 15) is 18.8 Å². The number of hydrogen-bond donors (Lipinski definition) is 0. The minimum Gasteiger partial charge on any atom is -0.465 e. The SMILES string of the molecule is CCOC(=O)CN1C(=O)S/C(=C/c2cc(F)c(N3CCCC3)cc2C)C1=O. The van der Waals surface area contributed by atoms with Crippen LogP contribution < -0.4 is 4.90 Å². The topological polar surface area (TPSA) is 66.9 Å². The number of anilines is 1. The highest BCUT2D eigenvalue weighted by Crippen LogP contribution is 2.34. The largest absolute Gasteiger partial charge is 0.465 e. The number of benzene rings is 1. The molecule has 2 heterocycles. The summed E-state index contributed by atoms with van der Waals surface area (Å²) >= 11 is 0.739. The van der Waals surface area contributed by atoms with Gasteiger partial charge in [-0.25, -0.2) is 4.39 Å². The smallest absolute Gasteiger partial charge is 0.326 e. The lowest BCUT2D eigenvalue weighted by Gasteiger charge is -2.19. The van der Waals surface area contributed by atoms with Crippen LogP contribution in [0.1, 0.15) is 30.9 Å². The average molecular weight is 392 g/mol. The molecule has 0 bridgehead atoms. The van der Waals surface area contributed by atoms with E-state index in [4.69, 9.17) is 4.74 Å². The number of halogens is 1. The van der Waals surface area contributed by atoms with Crippen molar-refractivity contribution in [2.45, 2.75) is 26.7 Å². The molecule has 2 fully saturated rings. The van der Waals surface area contributed by atoms with Crippen LogP contribution >= 0.6 is 11.8 Å². The van der Waals surface area contributed by atoms with Crippen molar-refractivity contribution in [3.8, 4) is 0 Å². The zero-order valence-corrected chi connectivity index (χ0v) is 16.1. The second kappa shape index (κ2) is 8.12. The molecule has 27 heavy (non-hydrogen) atoms. The maximum absolute atomic E-state index is 14.6. The second-order valence-electron chi connectivity index (χ2n) is 6.43. The van der Waals surface area contributed by atoms with Gasteiger partial charge < -0.3 is 9.64 Å². The third kappa shape index (κ3) is 4.16. The van der Waals surface area contributed by atoms with Crippen molar-refractivity contribution in [3.63, 3.8) is 0 Å². The number of carbonyl (C=O) groups is 3. The highest BCUT2D eigenvalue weighted by Gasteiger charge is 2.36. The number of aryl methyl sites for hydroxylation is 1. The number of hydrogen-bond acceptors (Lipinski definition) is 6. The summed E-state index contributed by atoms with van der Waals surface area (Å²) in [5, 5.41) is -0.536. The second-order valence-corrected chi connectivity index (χ2v) is 7.42. The van der Waals surface area contributed by atoms with Gasteiger partial charge in [-0.05, 0) is 67.8 Å². The fraction of sp³-hybridized carbons (Fsp3) is 0.421. The van der Waals surface area contributed by atoms with Crippen LogP contribution in [0.25, 0.3) is 6.08 Å². The molecule has 0 saturated carbocycles. The molecule has 2 amide bonds. The minimum atomic E-state index is -0.641. The van der Waals surface area contributed by atoms with E-state index in [0.29, 0.717) is 11.3 Å². The molecule has 2 saturated heterocycles. The Morgan fingerprint density at radius 1 is 1.30 bits per heavy atom. The van der Waals surface area contributed by atoms with E-state index in [1.807, 2.05) is 11.8 Å². The van der Waals surface area contributed by atoms with Crippen molar-refractivity contribution >= 4 is 40.6 Å². The number of ether oxygens (including phenoxy) is 1. The van der Waals surface area contributed by atoms with E-state index in [1.54, 1.807) is 13.0 Å². The van der Waals surface area contributed by atoms with Crippen molar-refractivity contribution in [1.82, 2.24) is 4.90 Å². The normalized spacial score (nSPS) is 18.7. The number of imide groups is 1. The van der Waals surface area contributed by atoms with Gasteiger partial charge in [-0.15, -0.1) is 0 Å². The predicted octanol–water partition coefficient (Wildman–Crippen LogP) is 3.33. The molecule has 144 valence electrons. The number of esters is 1. The third-order valence-corrected chi connectivity index (χ3v) is 5.44. The van der Waals surface area contributed by atoms with Crippen LogP contribution in [0.5, 0.6) is 0 Å². The molecule has 0 N–H and O–H groups in total. The van der Waals surface area contributed by atoms with Gasteiger partial charge in [0.1, 0.15) is 12.4 Å². The summed E-state index contributed by atoms with van der Waals surface area (Å²) in [6.45, 7) is 4.91. The number of carbonyl (C=O) groups excluding carboxylic acids is 3. The Kier molecular flexibility index (Phi) is 5.84. The van der Waals surface area contributed by atoms with Gasteiger partial charge in [-0.3, -0.25) is 19.3 Å². The number of nitrogens with zero attached hydrogens (tertiary/aromatic N) is 2. The molecular weight excluding hydrogens is 371 g/mol. The first kappa shape index (κ1) is 19.4. The molecule has 0 aliphatic carbocycles. The zero-order chi connectivity index (χ0) is 19.6. The number of rotatable bonds is 5. The lowest BCUT2D eigenvalue weighted by atomic mass is 10.1. The van der Waals surface area contributed by atoms with E-state index >= 15 is 0 Å². The van der Waals surface area contributed by atoms with Crippen LogP contribution in [0.2, 0.25) is 0 Å². The van der Waals surface area contributed by atoms with Crippen molar-refractivity contribution < 1.29 is 23.5 Å². The lowest BCUT2D eigenvalue weighted by Crippen LogP contribution is -2.34. The standard InChI is InChI=1S/C19H21FN2O4S/c1-3-26-17(23)11-22-18(24)16(27-19(22)25)10-13-9-14(20)15(8-12(13)2)21-6-4-5-7-21/h8-10H,3-7,11H2,1-2H3/b16-10+. The van der Waals surface area contributed by atoms with E-state index in [0.717, 1.165) is 48.2 Å². The van der Waals surface area contributed by atoms with E-state index < -0.39 is 23.7 Å². The molecule has 1 aromatic rings. The first-order chi connectivity index (χ1) is 12.9. The zero-order valence-electron chi connectivity index (χ0n) is 15.3. The fourth-order valence-electron chi connectivity index (χ4n) is 3.15. The summed E-state index contributed by atoms with van der Waals surface area (Å²) in [7, 11) is 0. The van der Waals surface area contributed by atoms with Gasteiger partial charge in [0.15, 0.2) is 0 Å². The van der Waals surface area contributed by atoms with Crippen molar-refractivity contribution in [3.05, 3.63) is 34.0 Å². The maximum Gasteiger partial charge on any atom is 0.326 e. The van der Waals surface area contributed by atoms with Crippen LogP contribution in [0.3, 0.4) is 0 Å². The maximum atomic E-state index is 14.6. The van der Waals surface area contributed by atoms with Crippen LogP contribution in [0.15, 0.2) is 17.0 Å². The predicted molar refractivity (Wildman–Crippen MR) is 102 cm³/mol. The Morgan fingerprint density at radius 3 is 2.67 bits per heavy atom. The third-order valence-electron chi connectivity index (χ3n) is 4.53. The van der Waals surface area contributed by atoms with Gasteiger partial charge in [-0.1, -0.05) is 0 Å². The molecule has 8 heteroatoms. The van der Waals surface area contributed by atoms with Gasteiger partial charge in [0.2, 0.25) is 0 Å². The Morgan fingerprint density at radius 2 is 2.00 bits per heavy atom. The summed E-state index contributed by atoms with van der Waals surface area (Å²) in [5.41, 5.74) is 1.92. The summed E-state index contributed by atoms with van der Waals surface area (Å²) < 4.78 is 19.3. The monoisotopic (exact) mass is 392 g/mol. The lowest BCUT2D eigenvalue weighted by molar-refractivity contribution is -0.145. The Hall–Kier alpha value is -2.35. The molecular formula is C19H21FN2O4S. The van der Waals surface area contributed by atoms with Gasteiger partial charge in [-0.2, -0.15) is 0 Å². The Labute approximate surface area is 161 Å². The summed E-state index contributed by atoms with van der Waals surface area (Å²) in [6.07, 6.45) is 3.60. The quantitative estimate of drug-likeness (QED) is 0.566. The average Bonchev–Trinajstić information content (AvgIpc) is 3.23. The van der Waals surface area contributed by atoms with Gasteiger partial charge in [0.25, 0.3) is 11.1 Å². The molecule has 0 radical (unpaired) electrons. The summed E-state index contributed by atoms with van der Waals surface area (Å²) in [5.74, 6) is -1.56. The summed E-state index contributed by atoms with van der Waals surface area (Å²) in [6, 6.07) is 3.16. The fourth-order valence-corrected chi connectivity index (χ4v) is 3.98. The summed E-state index contributed by atoms with van der Waals surface area (Å²) in [4.78, 5) is 39.1. The Bertz CT molecular complexity index is 818. The van der Waals surface area contributed by atoms with Crippen LogP contribution in [0, 0.1) is 12.7 Å². The van der Waals surface area contributed by atoms with Gasteiger partial charge >= 0.3 is 5.97 Å². The number of amides is 2. The molecule has 2 aliphatic rings. The molecule has 0 spiro atoms. The van der Waals surface area contributed by atoms with Crippen LogP contribution in [0.4, 0.5) is 14.9 Å². The van der Waals surface area contributed by atoms with E-state index in [1.165, 1.54) is 12.1 Å². The van der Waals surface area contributed by atoms with Crippen molar-refractivity contribution in [2.24, 2.45) is 0 Å². The van der Waals surface area contributed by atoms with Crippen LogP contribution in [-0.2, 0) is 14.3 Å². The van der Waals surface area contributed by atoms with Gasteiger partial charge in [0.05, 0.1) is 17.2 Å². The first-order valence-electron chi connectivity index (χ1n) is 8.86. The molecule has 2 aliphatic heterocycles. The molecule has 0 unspecified atom stereocenters. The van der Waals surface area contributed by atoms with Crippen molar-refractivity contribution in [1.29, 1.82) is 0 Å². The minimum absolute atomic E-state index is 0.167. The number of thioether (sulfide) groups is 1. The molecule has 0 atom stereocenters. The van der Waals surface area contributed by atoms with E-state index in [-0.39, 0.29) is 17.3 Å². The van der Waals surface area contributed by atoms with Crippen molar-refractivity contribution in [2.75, 3.05) is 31.1 Å². The molecule has 3 rings (SSSR count). The highest BCUT2D eigenvalue weighted by molar-refractivity contribution is 8.18.